The summed E-state index contributed by atoms with van der Waals surface area (Å²) in [6.07, 6.45) is 0.731. The van der Waals surface area contributed by atoms with Crippen molar-refractivity contribution in [3.05, 3.63) is 51.6 Å². The molecule has 88 valence electrons. The molecule has 1 N–H and O–H groups in total. The molecule has 0 aliphatic rings. The fourth-order valence-electron chi connectivity index (χ4n) is 1.85. The van der Waals surface area contributed by atoms with Crippen LogP contribution in [0.4, 0.5) is 0 Å². The van der Waals surface area contributed by atoms with Gasteiger partial charge in [0.25, 0.3) is 5.56 Å². The van der Waals surface area contributed by atoms with Crippen LogP contribution < -0.4 is 5.56 Å². The molecule has 3 nitrogen and oxygen atoms in total. The van der Waals surface area contributed by atoms with Gasteiger partial charge in [-0.1, -0.05) is 31.2 Å². The molecule has 0 saturated carbocycles. The van der Waals surface area contributed by atoms with Crippen LogP contribution >= 0.6 is 0 Å². The Morgan fingerprint density at radius 2 is 1.94 bits per heavy atom. The molecule has 0 unspecified atom stereocenters. The maximum atomic E-state index is 11.8. The molecule has 0 radical (unpaired) electrons. The predicted octanol–water partition coefficient (Wildman–Crippen LogP) is 2.62. The highest BCUT2D eigenvalue weighted by Gasteiger charge is 2.10. The third-order valence-electron chi connectivity index (χ3n) is 2.94. The van der Waals surface area contributed by atoms with Crippen LogP contribution in [0.25, 0.3) is 11.3 Å². The lowest BCUT2D eigenvalue weighted by Gasteiger charge is -2.09. The van der Waals surface area contributed by atoms with Crippen molar-refractivity contribution in [3.63, 3.8) is 0 Å². The monoisotopic (exact) mass is 228 g/mol. The summed E-state index contributed by atoms with van der Waals surface area (Å²) in [5, 5.41) is 0. The summed E-state index contributed by atoms with van der Waals surface area (Å²) < 4.78 is 0. The molecule has 0 aliphatic heterocycles. The molecule has 0 fully saturated rings. The van der Waals surface area contributed by atoms with Gasteiger partial charge in [0.05, 0.1) is 5.69 Å². The normalized spacial score (nSPS) is 10.5. The fourth-order valence-corrected chi connectivity index (χ4v) is 1.85. The minimum absolute atomic E-state index is 0.0462. The topological polar surface area (TPSA) is 45.8 Å². The zero-order valence-corrected chi connectivity index (χ0v) is 10.4. The molecule has 17 heavy (non-hydrogen) atoms. The molecular formula is C14H16N2O. The van der Waals surface area contributed by atoms with E-state index in [1.165, 1.54) is 0 Å². The quantitative estimate of drug-likeness (QED) is 0.858. The Morgan fingerprint density at radius 3 is 2.59 bits per heavy atom. The average Bonchev–Trinajstić information content (AvgIpc) is 2.33. The molecule has 2 rings (SSSR count). The Morgan fingerprint density at radius 1 is 1.24 bits per heavy atom. The Kier molecular flexibility index (Phi) is 3.09. The molecule has 1 heterocycles. The Hall–Kier alpha value is -1.90. The Balaban J connectivity index is 2.71. The van der Waals surface area contributed by atoms with E-state index in [0.717, 1.165) is 29.1 Å². The van der Waals surface area contributed by atoms with Crippen LogP contribution in [0, 0.1) is 13.8 Å². The van der Waals surface area contributed by atoms with Crippen molar-refractivity contribution in [2.45, 2.75) is 27.2 Å². The van der Waals surface area contributed by atoms with Crippen LogP contribution in [-0.4, -0.2) is 9.97 Å². The van der Waals surface area contributed by atoms with Crippen molar-refractivity contribution in [2.75, 3.05) is 0 Å². The molecule has 0 bridgehead atoms. The van der Waals surface area contributed by atoms with Gasteiger partial charge < -0.3 is 4.98 Å². The Labute approximate surface area is 101 Å². The number of benzene rings is 1. The van der Waals surface area contributed by atoms with Crippen molar-refractivity contribution in [2.24, 2.45) is 0 Å². The number of aromatic nitrogens is 2. The molecule has 2 aromatic rings. The first kappa shape index (κ1) is 11.6. The third-order valence-corrected chi connectivity index (χ3v) is 2.94. The average molecular weight is 228 g/mol. The summed E-state index contributed by atoms with van der Waals surface area (Å²) in [5.74, 6) is 0.735. The van der Waals surface area contributed by atoms with E-state index in [1.54, 1.807) is 0 Å². The van der Waals surface area contributed by atoms with Gasteiger partial charge in [0, 0.05) is 17.5 Å². The second kappa shape index (κ2) is 4.53. The number of aryl methyl sites for hydroxylation is 2. The molecule has 1 aromatic carbocycles. The van der Waals surface area contributed by atoms with Gasteiger partial charge in [-0.3, -0.25) is 4.79 Å². The first-order valence-corrected chi connectivity index (χ1v) is 5.79. The Bertz CT molecular complexity index is 599. The minimum Gasteiger partial charge on any atom is -0.310 e. The zero-order chi connectivity index (χ0) is 12.4. The van der Waals surface area contributed by atoms with Crippen LogP contribution in [0.2, 0.25) is 0 Å². The van der Waals surface area contributed by atoms with Gasteiger partial charge in [-0.05, 0) is 19.4 Å². The molecular weight excluding hydrogens is 212 g/mol. The maximum Gasteiger partial charge on any atom is 0.254 e. The smallest absolute Gasteiger partial charge is 0.254 e. The summed E-state index contributed by atoms with van der Waals surface area (Å²) in [4.78, 5) is 19.1. The number of aromatic amines is 1. The van der Waals surface area contributed by atoms with Gasteiger partial charge in [-0.2, -0.15) is 0 Å². The minimum atomic E-state index is -0.0462. The van der Waals surface area contributed by atoms with E-state index in [9.17, 15) is 4.79 Å². The molecule has 0 amide bonds. The predicted molar refractivity (Wildman–Crippen MR) is 69.1 cm³/mol. The highest BCUT2D eigenvalue weighted by Crippen LogP contribution is 2.22. The lowest BCUT2D eigenvalue weighted by atomic mass is 10.0. The second-order valence-electron chi connectivity index (χ2n) is 4.15. The number of hydrogen-bond acceptors (Lipinski definition) is 2. The van der Waals surface area contributed by atoms with Gasteiger partial charge in [-0.25, -0.2) is 4.98 Å². The largest absolute Gasteiger partial charge is 0.310 e. The first-order chi connectivity index (χ1) is 8.13. The molecule has 0 atom stereocenters. The lowest BCUT2D eigenvalue weighted by molar-refractivity contribution is 0.911. The van der Waals surface area contributed by atoms with Crippen molar-refractivity contribution in [1.29, 1.82) is 0 Å². The van der Waals surface area contributed by atoms with E-state index < -0.39 is 0 Å². The van der Waals surface area contributed by atoms with E-state index in [-0.39, 0.29) is 5.56 Å². The molecule has 0 spiro atoms. The summed E-state index contributed by atoms with van der Waals surface area (Å²) in [7, 11) is 0. The van der Waals surface area contributed by atoms with Crippen LogP contribution in [0.3, 0.4) is 0 Å². The van der Waals surface area contributed by atoms with Crippen molar-refractivity contribution in [3.8, 4) is 11.3 Å². The summed E-state index contributed by atoms with van der Waals surface area (Å²) in [6.45, 7) is 5.82. The van der Waals surface area contributed by atoms with Gasteiger partial charge in [0.1, 0.15) is 5.82 Å². The van der Waals surface area contributed by atoms with Gasteiger partial charge in [-0.15, -0.1) is 0 Å². The van der Waals surface area contributed by atoms with Gasteiger partial charge in [0.2, 0.25) is 0 Å². The van der Waals surface area contributed by atoms with E-state index in [2.05, 4.69) is 9.97 Å². The van der Waals surface area contributed by atoms with Crippen molar-refractivity contribution in [1.82, 2.24) is 9.97 Å². The highest BCUT2D eigenvalue weighted by atomic mass is 16.1. The first-order valence-electron chi connectivity index (χ1n) is 5.79. The van der Waals surface area contributed by atoms with E-state index in [1.807, 2.05) is 45.0 Å². The van der Waals surface area contributed by atoms with Gasteiger partial charge >= 0.3 is 0 Å². The molecule has 1 aromatic heterocycles. The van der Waals surface area contributed by atoms with Gasteiger partial charge in [0.15, 0.2) is 0 Å². The standard InChI is InChI=1S/C14H16N2O/c1-4-12-15-13(10(3)14(17)16-12)11-8-6-5-7-9(11)2/h5-8H,4H2,1-3H3,(H,15,16,17). The van der Waals surface area contributed by atoms with Crippen LogP contribution in [0.1, 0.15) is 23.9 Å². The number of nitrogens with one attached hydrogen (secondary N) is 1. The number of hydrogen-bond donors (Lipinski definition) is 1. The second-order valence-corrected chi connectivity index (χ2v) is 4.15. The molecule has 0 aliphatic carbocycles. The summed E-state index contributed by atoms with van der Waals surface area (Å²) in [6, 6.07) is 7.99. The number of rotatable bonds is 2. The van der Waals surface area contributed by atoms with E-state index in [0.29, 0.717) is 5.56 Å². The number of H-pyrrole nitrogens is 1. The fraction of sp³-hybridized carbons (Fsp3) is 0.286. The maximum absolute atomic E-state index is 11.8. The van der Waals surface area contributed by atoms with Crippen molar-refractivity contribution < 1.29 is 0 Å². The molecule has 0 saturated heterocycles. The summed E-state index contributed by atoms with van der Waals surface area (Å²) >= 11 is 0. The number of nitrogens with zero attached hydrogens (tertiary/aromatic N) is 1. The van der Waals surface area contributed by atoms with E-state index >= 15 is 0 Å². The molecule has 3 heteroatoms. The van der Waals surface area contributed by atoms with Crippen LogP contribution in [-0.2, 0) is 6.42 Å². The SMILES string of the molecule is CCc1nc(-c2ccccc2C)c(C)c(=O)[nH]1. The summed E-state index contributed by atoms with van der Waals surface area (Å²) in [5.41, 5.74) is 3.59. The van der Waals surface area contributed by atoms with Crippen LogP contribution in [0.15, 0.2) is 29.1 Å². The highest BCUT2D eigenvalue weighted by molar-refractivity contribution is 5.66. The van der Waals surface area contributed by atoms with E-state index in [4.69, 9.17) is 0 Å². The lowest BCUT2D eigenvalue weighted by Crippen LogP contribution is -2.15. The zero-order valence-electron chi connectivity index (χ0n) is 10.4. The van der Waals surface area contributed by atoms with Crippen LogP contribution in [0.5, 0.6) is 0 Å². The third kappa shape index (κ3) is 2.13. The van der Waals surface area contributed by atoms with Crippen molar-refractivity contribution >= 4 is 0 Å².